The Morgan fingerprint density at radius 3 is 2.14 bits per heavy atom. The van der Waals surface area contributed by atoms with Crippen molar-refractivity contribution in [1.82, 2.24) is 34.9 Å². The van der Waals surface area contributed by atoms with Gasteiger partial charge in [0.2, 0.25) is 5.91 Å². The molecule has 0 spiro atoms. The molecule has 4 N–H and O–H groups in total. The number of halogens is 1. The molecule has 0 bridgehead atoms. The molecule has 3 fully saturated rings. The van der Waals surface area contributed by atoms with Gasteiger partial charge in [-0.15, -0.1) is 0 Å². The zero-order valence-corrected chi connectivity index (χ0v) is 30.1. The topological polar surface area (TPSA) is 178 Å². The largest absolute Gasteiger partial charge is 0.465 e. The number of anilines is 1. The second kappa shape index (κ2) is 16.8. The zero-order chi connectivity index (χ0) is 36.6. The molecule has 280 valence electrons. The van der Waals surface area contributed by atoms with Crippen LogP contribution in [0.1, 0.15) is 92.0 Å². The number of ether oxygens (including phenoxy) is 1. The number of alkyl halides is 1. The van der Waals surface area contributed by atoms with Crippen molar-refractivity contribution in [3.05, 3.63) is 22.7 Å². The van der Waals surface area contributed by atoms with Crippen molar-refractivity contribution in [3.63, 3.8) is 0 Å². The first-order valence-corrected chi connectivity index (χ1v) is 17.8. The van der Waals surface area contributed by atoms with Crippen LogP contribution >= 0.6 is 0 Å². The summed E-state index contributed by atoms with van der Waals surface area (Å²) in [6, 6.07) is 1.50. The summed E-state index contributed by atoms with van der Waals surface area (Å²) in [5.74, 6) is 0.172. The van der Waals surface area contributed by atoms with Gasteiger partial charge >= 0.3 is 23.9 Å². The van der Waals surface area contributed by atoms with Gasteiger partial charge in [-0.1, -0.05) is 0 Å². The van der Waals surface area contributed by atoms with Crippen molar-refractivity contribution in [2.75, 3.05) is 51.3 Å². The van der Waals surface area contributed by atoms with Crippen LogP contribution in [0.15, 0.2) is 17.1 Å². The van der Waals surface area contributed by atoms with E-state index in [1.807, 2.05) is 20.8 Å². The molecule has 0 unspecified atom stereocenters. The van der Waals surface area contributed by atoms with E-state index in [0.29, 0.717) is 12.5 Å². The van der Waals surface area contributed by atoms with E-state index in [2.05, 4.69) is 25.8 Å². The minimum atomic E-state index is -1.29. The number of nitrogens with zero attached hydrogens (tertiary/aromatic N) is 5. The Morgan fingerprint density at radius 1 is 0.960 bits per heavy atom. The van der Waals surface area contributed by atoms with E-state index in [1.165, 1.54) is 23.6 Å². The normalized spacial score (nSPS) is 23.3. The first-order valence-electron chi connectivity index (χ1n) is 17.8. The second-order valence-corrected chi connectivity index (χ2v) is 15.3. The minimum absolute atomic E-state index is 0.00882. The number of carbonyl (C=O) groups is 4. The van der Waals surface area contributed by atoms with Crippen LogP contribution in [0.2, 0.25) is 0 Å². The van der Waals surface area contributed by atoms with Crippen LogP contribution in [-0.2, 0) is 9.53 Å². The van der Waals surface area contributed by atoms with E-state index in [1.54, 1.807) is 16.8 Å². The van der Waals surface area contributed by atoms with E-state index in [4.69, 9.17) is 9.84 Å². The summed E-state index contributed by atoms with van der Waals surface area (Å²) < 4.78 is 20.6. The lowest BCUT2D eigenvalue weighted by atomic mass is 9.84. The predicted molar refractivity (Wildman–Crippen MR) is 185 cm³/mol. The molecule has 15 nitrogen and oxygen atoms in total. The van der Waals surface area contributed by atoms with Gasteiger partial charge in [0.1, 0.15) is 23.6 Å². The third-order valence-corrected chi connectivity index (χ3v) is 9.88. The number of hydrogen-bond acceptors (Lipinski definition) is 8. The first-order chi connectivity index (χ1) is 23.5. The van der Waals surface area contributed by atoms with Crippen molar-refractivity contribution in [1.29, 1.82) is 0 Å². The third-order valence-electron chi connectivity index (χ3n) is 9.88. The van der Waals surface area contributed by atoms with Gasteiger partial charge in [-0.3, -0.25) is 19.6 Å². The smallest absolute Gasteiger partial charge is 0.407 e. The van der Waals surface area contributed by atoms with Gasteiger partial charge in [0.05, 0.1) is 0 Å². The molecule has 0 radical (unpaired) electrons. The maximum atomic E-state index is 13.6. The number of nitrogens with one attached hydrogen (secondary N) is 3. The van der Waals surface area contributed by atoms with Crippen molar-refractivity contribution >= 4 is 29.9 Å². The Balaban J connectivity index is 1.21. The highest BCUT2D eigenvalue weighted by atomic mass is 19.1. The SMILES string of the molecule is CC(C)(C)OC(=O)NC1CCC(N(CCF)CC2CCC(n3ccc(NC(=O)N4CCN(C(=O)C(C)(C)NC(=O)O)CC4)nc3=O)CC2)CC1. The monoisotopic (exact) mass is 706 g/mol. The van der Waals surface area contributed by atoms with Crippen molar-refractivity contribution in [2.24, 2.45) is 5.92 Å². The summed E-state index contributed by atoms with van der Waals surface area (Å²) >= 11 is 0. The summed E-state index contributed by atoms with van der Waals surface area (Å²) in [4.78, 5) is 71.3. The predicted octanol–water partition coefficient (Wildman–Crippen LogP) is 3.80. The number of piperazine rings is 1. The number of urea groups is 1. The van der Waals surface area contributed by atoms with E-state index in [9.17, 15) is 28.4 Å². The van der Waals surface area contributed by atoms with E-state index < -0.39 is 41.7 Å². The van der Waals surface area contributed by atoms with Crippen LogP contribution in [0.5, 0.6) is 0 Å². The van der Waals surface area contributed by atoms with E-state index >= 15 is 0 Å². The molecule has 4 rings (SSSR count). The molecule has 2 heterocycles. The number of amides is 5. The Morgan fingerprint density at radius 2 is 1.58 bits per heavy atom. The third kappa shape index (κ3) is 11.0. The number of hydrogen-bond donors (Lipinski definition) is 4. The average Bonchev–Trinajstić information content (AvgIpc) is 3.04. The van der Waals surface area contributed by atoms with Gasteiger partial charge in [0.25, 0.3) is 0 Å². The number of aromatic nitrogens is 2. The molecule has 1 saturated heterocycles. The standard InChI is InChI=1S/C34H55FN8O7/c1-33(2,3)50-32(49)36-24-8-12-25(13-9-24)42(17-15-35)22-23-6-10-26(11-7-23)43-16-14-27(38-30(43)46)37-29(45)41-20-18-40(19-21-41)28(44)34(4,5)39-31(47)48/h14,16,23-26,39H,6-13,15,17-22H2,1-5H3,(H,36,49)(H,47,48)(H,37,38,45,46). The average molecular weight is 707 g/mol. The summed E-state index contributed by atoms with van der Waals surface area (Å²) in [6.45, 7) is 10.3. The van der Waals surface area contributed by atoms with Gasteiger partial charge in [0, 0.05) is 63.6 Å². The number of carbonyl (C=O) groups excluding carboxylic acids is 3. The Bertz CT molecular complexity index is 1390. The molecule has 1 aromatic heterocycles. The maximum Gasteiger partial charge on any atom is 0.407 e. The zero-order valence-electron chi connectivity index (χ0n) is 30.1. The molecular weight excluding hydrogens is 651 g/mol. The molecule has 2 saturated carbocycles. The number of rotatable bonds is 10. The Hall–Kier alpha value is -3.95. The Labute approximate surface area is 293 Å². The fraction of sp³-hybridized carbons (Fsp3) is 0.765. The van der Waals surface area contributed by atoms with Gasteiger partial charge in [-0.05, 0) is 98.0 Å². The minimum Gasteiger partial charge on any atom is -0.465 e. The fourth-order valence-corrected chi connectivity index (χ4v) is 7.31. The van der Waals surface area contributed by atoms with Crippen molar-refractivity contribution in [2.45, 2.75) is 115 Å². The quantitative estimate of drug-likeness (QED) is 0.282. The lowest BCUT2D eigenvalue weighted by Crippen LogP contribution is -2.60. The van der Waals surface area contributed by atoms with Crippen LogP contribution in [-0.4, -0.2) is 123 Å². The highest BCUT2D eigenvalue weighted by Gasteiger charge is 2.36. The molecule has 1 aromatic rings. The summed E-state index contributed by atoms with van der Waals surface area (Å²) in [5, 5.41) is 16.9. The summed E-state index contributed by atoms with van der Waals surface area (Å²) in [5.41, 5.74) is -2.27. The van der Waals surface area contributed by atoms with Gasteiger partial charge in [-0.2, -0.15) is 4.98 Å². The molecule has 50 heavy (non-hydrogen) atoms. The van der Waals surface area contributed by atoms with E-state index in [0.717, 1.165) is 57.9 Å². The molecule has 0 aromatic carbocycles. The van der Waals surface area contributed by atoms with E-state index in [-0.39, 0.29) is 56.0 Å². The van der Waals surface area contributed by atoms with Crippen LogP contribution < -0.4 is 21.6 Å². The molecular formula is C34H55FN8O7. The fourth-order valence-electron chi connectivity index (χ4n) is 7.31. The Kier molecular flexibility index (Phi) is 13.1. The lowest BCUT2D eigenvalue weighted by molar-refractivity contribution is -0.138. The molecule has 5 amide bonds. The molecule has 3 aliphatic rings. The van der Waals surface area contributed by atoms with Crippen LogP contribution in [0, 0.1) is 5.92 Å². The number of alkyl carbamates (subject to hydrolysis) is 1. The van der Waals surface area contributed by atoms with Crippen molar-refractivity contribution in [3.8, 4) is 0 Å². The maximum absolute atomic E-state index is 13.6. The molecule has 2 aliphatic carbocycles. The van der Waals surface area contributed by atoms with Gasteiger partial charge in [-0.25, -0.2) is 23.6 Å². The molecule has 1 aliphatic heterocycles. The molecule has 0 atom stereocenters. The number of carboxylic acid groups (broad SMARTS) is 1. The highest BCUT2D eigenvalue weighted by Crippen LogP contribution is 2.33. The summed E-state index contributed by atoms with van der Waals surface area (Å²) in [7, 11) is 0. The van der Waals surface area contributed by atoms with Gasteiger partial charge < -0.3 is 30.3 Å². The van der Waals surface area contributed by atoms with Gasteiger partial charge in [0.15, 0.2) is 0 Å². The van der Waals surface area contributed by atoms with Crippen LogP contribution in [0.3, 0.4) is 0 Å². The second-order valence-electron chi connectivity index (χ2n) is 15.3. The lowest BCUT2D eigenvalue weighted by Gasteiger charge is -2.40. The van der Waals surface area contributed by atoms with Crippen LogP contribution in [0.25, 0.3) is 0 Å². The first kappa shape index (κ1) is 38.8. The molecule has 16 heteroatoms. The van der Waals surface area contributed by atoms with Crippen molar-refractivity contribution < 1.29 is 33.4 Å². The highest BCUT2D eigenvalue weighted by molar-refractivity contribution is 5.90. The van der Waals surface area contributed by atoms with Crippen LogP contribution in [0.4, 0.5) is 24.6 Å². The summed E-state index contributed by atoms with van der Waals surface area (Å²) in [6.07, 6.45) is 6.84.